The average Bonchev–Trinajstić information content (AvgIpc) is 2.37. The van der Waals surface area contributed by atoms with E-state index in [1.54, 1.807) is 0 Å². The summed E-state index contributed by atoms with van der Waals surface area (Å²) < 4.78 is 0. The molecular weight excluding hydrogens is 264 g/mol. The Hall–Kier alpha value is -0.380. The van der Waals surface area contributed by atoms with E-state index in [-0.39, 0.29) is 0 Å². The second-order valence-corrected chi connectivity index (χ2v) is 5.71. The highest BCUT2D eigenvalue weighted by Gasteiger charge is 2.16. The number of nitrogens with one attached hydrogen (secondary N) is 1. The monoisotopic (exact) mass is 286 g/mol. The van der Waals surface area contributed by atoms with E-state index in [1.165, 1.54) is 11.3 Å². The van der Waals surface area contributed by atoms with Gasteiger partial charge in [-0.05, 0) is 31.9 Å². The Morgan fingerprint density at radius 2 is 2.17 bits per heavy atom. The first kappa shape index (κ1) is 15.7. The first-order valence-corrected chi connectivity index (χ1v) is 8.06. The lowest BCUT2D eigenvalue weighted by atomic mass is 10.1. The van der Waals surface area contributed by atoms with Gasteiger partial charge in [0.05, 0.1) is 0 Å². The number of thioether (sulfide) groups is 1. The number of rotatable bonds is 7. The summed E-state index contributed by atoms with van der Waals surface area (Å²) in [6.07, 6.45) is 3.30. The SMILES string of the molecule is CCC(CSC)N(C)c1cccc(Cl)c1CNC. The number of hydrogen-bond acceptors (Lipinski definition) is 3. The summed E-state index contributed by atoms with van der Waals surface area (Å²) in [6.45, 7) is 3.04. The summed E-state index contributed by atoms with van der Waals surface area (Å²) in [6, 6.07) is 6.69. The van der Waals surface area contributed by atoms with Crippen molar-refractivity contribution < 1.29 is 0 Å². The van der Waals surface area contributed by atoms with Crippen molar-refractivity contribution in [1.82, 2.24) is 5.32 Å². The first-order chi connectivity index (χ1) is 8.65. The van der Waals surface area contributed by atoms with E-state index in [2.05, 4.69) is 36.5 Å². The minimum atomic E-state index is 0.550. The average molecular weight is 287 g/mol. The van der Waals surface area contributed by atoms with Gasteiger partial charge >= 0.3 is 0 Å². The van der Waals surface area contributed by atoms with Gasteiger partial charge in [-0.3, -0.25) is 0 Å². The maximum absolute atomic E-state index is 6.31. The van der Waals surface area contributed by atoms with Crippen molar-refractivity contribution in [2.45, 2.75) is 25.9 Å². The van der Waals surface area contributed by atoms with Gasteiger partial charge < -0.3 is 10.2 Å². The van der Waals surface area contributed by atoms with E-state index in [0.717, 1.165) is 23.7 Å². The lowest BCUT2D eigenvalue weighted by Crippen LogP contribution is -2.34. The van der Waals surface area contributed by atoms with Crippen LogP contribution in [0.1, 0.15) is 18.9 Å². The second kappa shape index (κ2) is 7.93. The molecule has 0 aliphatic heterocycles. The molecule has 1 rings (SSSR count). The summed E-state index contributed by atoms with van der Waals surface area (Å²) in [5.41, 5.74) is 2.42. The summed E-state index contributed by atoms with van der Waals surface area (Å²) in [5.74, 6) is 1.14. The van der Waals surface area contributed by atoms with E-state index in [9.17, 15) is 0 Å². The van der Waals surface area contributed by atoms with Crippen LogP contribution in [0, 0.1) is 0 Å². The fourth-order valence-electron chi connectivity index (χ4n) is 2.12. The molecule has 0 aromatic heterocycles. The fourth-order valence-corrected chi connectivity index (χ4v) is 3.20. The molecule has 0 saturated carbocycles. The van der Waals surface area contributed by atoms with E-state index in [1.807, 2.05) is 30.9 Å². The number of nitrogens with zero attached hydrogens (tertiary/aromatic N) is 1. The van der Waals surface area contributed by atoms with Gasteiger partial charge in [0, 0.05) is 41.7 Å². The Kier molecular flexibility index (Phi) is 6.90. The van der Waals surface area contributed by atoms with Crippen LogP contribution < -0.4 is 10.2 Å². The van der Waals surface area contributed by atoms with E-state index in [0.29, 0.717) is 6.04 Å². The van der Waals surface area contributed by atoms with Gasteiger partial charge in [-0.15, -0.1) is 0 Å². The van der Waals surface area contributed by atoms with E-state index < -0.39 is 0 Å². The molecule has 0 spiro atoms. The molecule has 0 bridgehead atoms. The molecule has 2 nitrogen and oxygen atoms in total. The molecular formula is C14H23ClN2S. The molecule has 1 aromatic rings. The quantitative estimate of drug-likeness (QED) is 0.824. The van der Waals surface area contributed by atoms with Crippen molar-refractivity contribution in [3.8, 4) is 0 Å². The molecule has 1 N–H and O–H groups in total. The molecule has 0 amide bonds. The van der Waals surface area contributed by atoms with Crippen molar-refractivity contribution in [1.29, 1.82) is 0 Å². The summed E-state index contributed by atoms with van der Waals surface area (Å²) >= 11 is 8.20. The van der Waals surface area contributed by atoms with Crippen molar-refractivity contribution >= 4 is 29.1 Å². The minimum absolute atomic E-state index is 0.550. The van der Waals surface area contributed by atoms with Crippen LogP contribution in [-0.4, -0.2) is 32.1 Å². The van der Waals surface area contributed by atoms with Crippen molar-refractivity contribution in [3.05, 3.63) is 28.8 Å². The Balaban J connectivity index is 3.03. The molecule has 1 unspecified atom stereocenters. The van der Waals surface area contributed by atoms with Crippen LogP contribution in [0.4, 0.5) is 5.69 Å². The summed E-state index contributed by atoms with van der Waals surface area (Å²) in [5, 5.41) is 4.03. The molecule has 0 saturated heterocycles. The highest BCUT2D eigenvalue weighted by molar-refractivity contribution is 7.98. The normalized spacial score (nSPS) is 12.5. The fraction of sp³-hybridized carbons (Fsp3) is 0.571. The smallest absolute Gasteiger partial charge is 0.0471 e. The van der Waals surface area contributed by atoms with Crippen LogP contribution in [0.15, 0.2) is 18.2 Å². The largest absolute Gasteiger partial charge is 0.370 e. The molecule has 0 fully saturated rings. The molecule has 0 aliphatic rings. The number of hydrogen-bond donors (Lipinski definition) is 1. The maximum Gasteiger partial charge on any atom is 0.0471 e. The molecule has 102 valence electrons. The summed E-state index contributed by atoms with van der Waals surface area (Å²) in [4.78, 5) is 2.36. The predicted molar refractivity (Wildman–Crippen MR) is 85.1 cm³/mol. The highest BCUT2D eigenvalue weighted by Crippen LogP contribution is 2.29. The zero-order valence-electron chi connectivity index (χ0n) is 11.7. The number of anilines is 1. The molecule has 4 heteroatoms. The predicted octanol–water partition coefficient (Wildman–Crippen LogP) is 3.64. The van der Waals surface area contributed by atoms with Crippen LogP contribution in [0.2, 0.25) is 5.02 Å². The van der Waals surface area contributed by atoms with Crippen LogP contribution in [0.25, 0.3) is 0 Å². The Morgan fingerprint density at radius 1 is 1.44 bits per heavy atom. The van der Waals surface area contributed by atoms with Gasteiger partial charge in [0.1, 0.15) is 0 Å². The highest BCUT2D eigenvalue weighted by atomic mass is 35.5. The number of halogens is 1. The van der Waals surface area contributed by atoms with Crippen molar-refractivity contribution in [2.75, 3.05) is 31.0 Å². The molecule has 0 aliphatic carbocycles. The maximum atomic E-state index is 6.31. The first-order valence-electron chi connectivity index (χ1n) is 6.29. The van der Waals surface area contributed by atoms with E-state index in [4.69, 9.17) is 11.6 Å². The van der Waals surface area contributed by atoms with Crippen LogP contribution in [-0.2, 0) is 6.54 Å². The van der Waals surface area contributed by atoms with Gasteiger partial charge in [0.25, 0.3) is 0 Å². The summed E-state index contributed by atoms with van der Waals surface area (Å²) in [7, 11) is 4.11. The van der Waals surface area contributed by atoms with E-state index >= 15 is 0 Å². The van der Waals surface area contributed by atoms with Gasteiger partial charge in [0.2, 0.25) is 0 Å². The standard InChI is InChI=1S/C14H23ClN2S/c1-5-11(10-18-4)17(3)14-8-6-7-13(15)12(14)9-16-2/h6-8,11,16H,5,9-10H2,1-4H3. The third-order valence-corrected chi connectivity index (χ3v) is 4.28. The zero-order valence-corrected chi connectivity index (χ0v) is 13.2. The molecule has 0 radical (unpaired) electrons. The third-order valence-electron chi connectivity index (χ3n) is 3.21. The Labute approximate surface area is 120 Å². The van der Waals surface area contributed by atoms with Crippen LogP contribution >= 0.6 is 23.4 Å². The number of benzene rings is 1. The van der Waals surface area contributed by atoms with Crippen LogP contribution in [0.3, 0.4) is 0 Å². The third kappa shape index (κ3) is 3.81. The Bertz CT molecular complexity index is 371. The molecule has 18 heavy (non-hydrogen) atoms. The van der Waals surface area contributed by atoms with Crippen molar-refractivity contribution in [2.24, 2.45) is 0 Å². The molecule has 0 heterocycles. The van der Waals surface area contributed by atoms with Gasteiger partial charge in [0.15, 0.2) is 0 Å². The topological polar surface area (TPSA) is 15.3 Å². The Morgan fingerprint density at radius 3 is 2.72 bits per heavy atom. The van der Waals surface area contributed by atoms with Gasteiger partial charge in [-0.2, -0.15) is 11.8 Å². The van der Waals surface area contributed by atoms with Gasteiger partial charge in [-0.25, -0.2) is 0 Å². The zero-order chi connectivity index (χ0) is 13.5. The minimum Gasteiger partial charge on any atom is -0.370 e. The lowest BCUT2D eigenvalue weighted by molar-refractivity contribution is 0.667. The second-order valence-electron chi connectivity index (χ2n) is 4.40. The lowest BCUT2D eigenvalue weighted by Gasteiger charge is -2.31. The van der Waals surface area contributed by atoms with Crippen LogP contribution in [0.5, 0.6) is 0 Å². The molecule has 1 aromatic carbocycles. The van der Waals surface area contributed by atoms with Crippen molar-refractivity contribution in [3.63, 3.8) is 0 Å². The van der Waals surface area contributed by atoms with Gasteiger partial charge in [-0.1, -0.05) is 24.6 Å². The molecule has 1 atom stereocenters.